The van der Waals surface area contributed by atoms with Gasteiger partial charge in [0.05, 0.1) is 0 Å². The number of likely N-dealkylation sites (N-methyl/N-ethyl adjacent to an activating group) is 1. The number of aryl methyl sites for hydroxylation is 2. The van der Waals surface area contributed by atoms with Crippen molar-refractivity contribution in [2.75, 3.05) is 33.2 Å². The fourth-order valence-electron chi connectivity index (χ4n) is 3.53. The normalized spacial score (nSPS) is 15.5. The Morgan fingerprint density at radius 1 is 1.07 bits per heavy atom. The van der Waals surface area contributed by atoms with Gasteiger partial charge in [0.15, 0.2) is 11.8 Å². The third-order valence-corrected chi connectivity index (χ3v) is 5.38. The average Bonchev–Trinajstić information content (AvgIpc) is 3.20. The molecule has 156 valence electrons. The van der Waals surface area contributed by atoms with Gasteiger partial charge < -0.3 is 20.1 Å². The summed E-state index contributed by atoms with van der Waals surface area (Å²) in [4.78, 5) is 8.68. The van der Waals surface area contributed by atoms with Gasteiger partial charge >= 0.3 is 0 Å². The van der Waals surface area contributed by atoms with E-state index in [4.69, 9.17) is 10.3 Å². The van der Waals surface area contributed by atoms with Gasteiger partial charge in [0.1, 0.15) is 11.6 Å². The van der Waals surface area contributed by atoms with E-state index in [1.54, 1.807) is 12.1 Å². The Labute approximate surface area is 175 Å². The van der Waals surface area contributed by atoms with Crippen molar-refractivity contribution in [3.8, 4) is 11.1 Å². The second-order valence-electron chi connectivity index (χ2n) is 7.59. The number of benzene rings is 2. The second kappa shape index (κ2) is 9.09. The first-order chi connectivity index (χ1) is 14.6. The van der Waals surface area contributed by atoms with Crippen molar-refractivity contribution in [3.05, 3.63) is 71.7 Å². The van der Waals surface area contributed by atoms with Crippen LogP contribution in [0.3, 0.4) is 0 Å². The van der Waals surface area contributed by atoms with Gasteiger partial charge in [-0.1, -0.05) is 47.6 Å². The molecule has 1 aromatic heterocycles. The number of halogens is 1. The van der Waals surface area contributed by atoms with Crippen LogP contribution in [-0.4, -0.2) is 54.1 Å². The Balaban J connectivity index is 1.36. The number of nitrogens with zero attached hydrogens (tertiary/aromatic N) is 4. The minimum atomic E-state index is -0.221. The number of hydrogen-bond donors (Lipinski definition) is 1. The summed E-state index contributed by atoms with van der Waals surface area (Å²) >= 11 is 0. The summed E-state index contributed by atoms with van der Waals surface area (Å²) in [6.45, 7) is 3.61. The van der Waals surface area contributed by atoms with Crippen LogP contribution in [0.5, 0.6) is 0 Å². The zero-order valence-electron chi connectivity index (χ0n) is 17.1. The van der Waals surface area contributed by atoms with Crippen LogP contribution >= 0.6 is 0 Å². The van der Waals surface area contributed by atoms with Crippen molar-refractivity contribution in [3.63, 3.8) is 0 Å². The zero-order valence-corrected chi connectivity index (χ0v) is 17.1. The Kier molecular flexibility index (Phi) is 6.09. The minimum Gasteiger partial charge on any atom is -0.369 e. The largest absolute Gasteiger partial charge is 0.369 e. The Morgan fingerprint density at radius 3 is 2.57 bits per heavy atom. The molecule has 30 heavy (non-hydrogen) atoms. The zero-order chi connectivity index (χ0) is 20.9. The van der Waals surface area contributed by atoms with Gasteiger partial charge in [0, 0.05) is 44.2 Å². The number of aromatic nitrogens is 1. The van der Waals surface area contributed by atoms with E-state index in [1.807, 2.05) is 47.4 Å². The summed E-state index contributed by atoms with van der Waals surface area (Å²) in [5, 5.41) is 4.00. The number of guanidine groups is 1. The third-order valence-electron chi connectivity index (χ3n) is 5.38. The fourth-order valence-corrected chi connectivity index (χ4v) is 3.53. The van der Waals surface area contributed by atoms with Crippen molar-refractivity contribution in [1.82, 2.24) is 15.0 Å². The maximum Gasteiger partial charge on any atom is 0.198 e. The topological polar surface area (TPSA) is 70.9 Å². The van der Waals surface area contributed by atoms with Gasteiger partial charge in [-0.25, -0.2) is 4.39 Å². The predicted molar refractivity (Wildman–Crippen MR) is 116 cm³/mol. The number of hydrogen-bond acceptors (Lipinski definition) is 4. The maximum atomic E-state index is 14.5. The molecule has 3 aromatic rings. The molecule has 0 radical (unpaired) electrons. The van der Waals surface area contributed by atoms with Gasteiger partial charge in [0.2, 0.25) is 0 Å². The summed E-state index contributed by atoms with van der Waals surface area (Å²) in [6.07, 6.45) is 1.26. The molecule has 0 unspecified atom stereocenters. The van der Waals surface area contributed by atoms with Crippen molar-refractivity contribution >= 4 is 11.8 Å². The SMILES string of the molecule is CN1CCN(C(N)=Nc2cc(CCc3ccc(-c4ccccc4)c(F)c3)on2)CC1. The van der Waals surface area contributed by atoms with E-state index in [0.29, 0.717) is 35.9 Å². The standard InChI is InChI=1S/C23H26FN5O/c1-28-11-13-29(14-12-28)23(25)26-22-16-19(30-27-22)9-7-17-8-10-20(21(24)15-17)18-5-3-2-4-6-18/h2-6,8,10,15-16H,7,9,11-14H2,1H3,(H2,25,26,27). The van der Waals surface area contributed by atoms with Gasteiger partial charge in [0.25, 0.3) is 0 Å². The number of rotatable bonds is 5. The lowest BCUT2D eigenvalue weighted by Crippen LogP contribution is -2.49. The van der Waals surface area contributed by atoms with Crippen molar-refractivity contribution in [1.29, 1.82) is 0 Å². The van der Waals surface area contributed by atoms with Crippen LogP contribution in [-0.2, 0) is 12.8 Å². The van der Waals surface area contributed by atoms with E-state index in [9.17, 15) is 4.39 Å². The minimum absolute atomic E-state index is 0.221. The molecule has 0 amide bonds. The molecule has 1 saturated heterocycles. The molecule has 1 aliphatic heterocycles. The molecule has 0 bridgehead atoms. The van der Waals surface area contributed by atoms with E-state index < -0.39 is 0 Å². The van der Waals surface area contributed by atoms with E-state index in [2.05, 4.69) is 22.1 Å². The van der Waals surface area contributed by atoms with E-state index in [0.717, 1.165) is 37.3 Å². The van der Waals surface area contributed by atoms with Crippen LogP contribution in [0.4, 0.5) is 10.2 Å². The molecule has 0 aliphatic carbocycles. The smallest absolute Gasteiger partial charge is 0.198 e. The Hall–Kier alpha value is -3.19. The molecule has 2 N–H and O–H groups in total. The highest BCUT2D eigenvalue weighted by atomic mass is 19.1. The molecule has 0 spiro atoms. The quantitative estimate of drug-likeness (QED) is 0.518. The summed E-state index contributed by atoms with van der Waals surface area (Å²) in [5.74, 6) is 1.41. The van der Waals surface area contributed by atoms with Crippen molar-refractivity contribution < 1.29 is 8.91 Å². The molecule has 0 atom stereocenters. The van der Waals surface area contributed by atoms with Crippen LogP contribution < -0.4 is 5.73 Å². The van der Waals surface area contributed by atoms with Gasteiger partial charge in [-0.05, 0) is 30.7 Å². The highest BCUT2D eigenvalue weighted by Crippen LogP contribution is 2.24. The Bertz CT molecular complexity index is 1010. The molecule has 4 rings (SSSR count). The maximum absolute atomic E-state index is 14.5. The number of piperazine rings is 1. The van der Waals surface area contributed by atoms with Gasteiger partial charge in [-0.2, -0.15) is 4.99 Å². The first-order valence-electron chi connectivity index (χ1n) is 10.2. The predicted octanol–water partition coefficient (Wildman–Crippen LogP) is 3.46. The molecule has 1 fully saturated rings. The molecule has 2 heterocycles. The number of nitrogens with two attached hydrogens (primary N) is 1. The Morgan fingerprint density at radius 2 is 1.83 bits per heavy atom. The van der Waals surface area contributed by atoms with E-state index in [-0.39, 0.29) is 5.82 Å². The molecular formula is C23H26FN5O. The summed E-state index contributed by atoms with van der Waals surface area (Å²) < 4.78 is 19.9. The molecule has 2 aromatic carbocycles. The molecule has 0 saturated carbocycles. The molecule has 1 aliphatic rings. The van der Waals surface area contributed by atoms with Crippen LogP contribution in [0.15, 0.2) is 64.1 Å². The lowest BCUT2D eigenvalue weighted by molar-refractivity contribution is 0.214. The van der Waals surface area contributed by atoms with Crippen LogP contribution in [0.1, 0.15) is 11.3 Å². The molecule has 7 heteroatoms. The van der Waals surface area contributed by atoms with E-state index >= 15 is 0 Å². The van der Waals surface area contributed by atoms with Gasteiger partial charge in [-0.3, -0.25) is 0 Å². The third kappa shape index (κ3) is 4.86. The monoisotopic (exact) mass is 407 g/mol. The fraction of sp³-hybridized carbons (Fsp3) is 0.304. The molecule has 6 nitrogen and oxygen atoms in total. The highest BCUT2D eigenvalue weighted by Gasteiger charge is 2.16. The second-order valence-corrected chi connectivity index (χ2v) is 7.59. The van der Waals surface area contributed by atoms with E-state index in [1.165, 1.54) is 0 Å². The highest BCUT2D eigenvalue weighted by molar-refractivity contribution is 5.80. The summed E-state index contributed by atoms with van der Waals surface area (Å²) in [5.41, 5.74) is 8.50. The summed E-state index contributed by atoms with van der Waals surface area (Å²) in [6, 6.07) is 16.7. The first kappa shape index (κ1) is 20.1. The van der Waals surface area contributed by atoms with Crippen LogP contribution in [0, 0.1) is 5.82 Å². The number of aliphatic imine (C=N–C) groups is 1. The van der Waals surface area contributed by atoms with Gasteiger partial charge in [-0.15, -0.1) is 0 Å². The van der Waals surface area contributed by atoms with Crippen molar-refractivity contribution in [2.24, 2.45) is 10.7 Å². The lowest BCUT2D eigenvalue weighted by Gasteiger charge is -2.32. The lowest BCUT2D eigenvalue weighted by atomic mass is 10.0. The van der Waals surface area contributed by atoms with Crippen LogP contribution in [0.25, 0.3) is 11.1 Å². The molecular weight excluding hydrogens is 381 g/mol. The van der Waals surface area contributed by atoms with Crippen LogP contribution in [0.2, 0.25) is 0 Å². The first-order valence-corrected chi connectivity index (χ1v) is 10.2. The van der Waals surface area contributed by atoms with Crippen molar-refractivity contribution in [2.45, 2.75) is 12.8 Å². The summed E-state index contributed by atoms with van der Waals surface area (Å²) in [7, 11) is 2.09. The average molecular weight is 407 g/mol.